The molecule has 0 heterocycles. The molecular weight excluding hydrogens is 254 g/mol. The average Bonchev–Trinajstić information content (AvgIpc) is 2.46. The summed E-state index contributed by atoms with van der Waals surface area (Å²) in [6.45, 7) is 7.03. The van der Waals surface area contributed by atoms with E-state index in [2.05, 4.69) is 18.3 Å². The Bertz CT molecular complexity index is 420. The zero-order valence-corrected chi connectivity index (χ0v) is 12.6. The average molecular weight is 279 g/mol. The van der Waals surface area contributed by atoms with Crippen LogP contribution >= 0.6 is 0 Å². The number of hydrogen-bond donors (Lipinski definition) is 2. The fourth-order valence-corrected chi connectivity index (χ4v) is 2.01. The van der Waals surface area contributed by atoms with Crippen molar-refractivity contribution in [2.24, 2.45) is 5.92 Å². The van der Waals surface area contributed by atoms with Crippen molar-refractivity contribution in [2.75, 3.05) is 13.2 Å². The molecule has 0 spiro atoms. The molecule has 112 valence electrons. The third-order valence-electron chi connectivity index (χ3n) is 3.52. The van der Waals surface area contributed by atoms with Gasteiger partial charge in [-0.1, -0.05) is 39.3 Å². The van der Waals surface area contributed by atoms with Gasteiger partial charge in [0.05, 0.1) is 0 Å². The highest BCUT2D eigenvalue weighted by molar-refractivity contribution is 5.73. The second-order valence-corrected chi connectivity index (χ2v) is 5.00. The summed E-state index contributed by atoms with van der Waals surface area (Å²) in [6.07, 6.45) is 1.81. The van der Waals surface area contributed by atoms with E-state index in [0.717, 1.165) is 18.6 Å². The van der Waals surface area contributed by atoms with Crippen LogP contribution in [0.4, 0.5) is 0 Å². The predicted octanol–water partition coefficient (Wildman–Crippen LogP) is 2.72. The zero-order chi connectivity index (χ0) is 15.0. The molecule has 1 rings (SSSR count). The highest BCUT2D eigenvalue weighted by Crippen LogP contribution is 2.13. The lowest BCUT2D eigenvalue weighted by Crippen LogP contribution is -2.43. The summed E-state index contributed by atoms with van der Waals surface area (Å²) in [6, 6.07) is 7.46. The third kappa shape index (κ3) is 5.21. The Hall–Kier alpha value is -1.55. The second-order valence-electron chi connectivity index (χ2n) is 5.00. The van der Waals surface area contributed by atoms with Gasteiger partial charge in [-0.25, -0.2) is 0 Å². The summed E-state index contributed by atoms with van der Waals surface area (Å²) in [5.74, 6) is 0.143. The van der Waals surface area contributed by atoms with Crippen LogP contribution in [0.5, 0.6) is 5.75 Å². The van der Waals surface area contributed by atoms with Gasteiger partial charge < -0.3 is 15.2 Å². The fraction of sp³-hybridized carbons (Fsp3) is 0.562. The van der Waals surface area contributed by atoms with Crippen molar-refractivity contribution in [3.05, 3.63) is 29.8 Å². The number of hydrogen-bond acceptors (Lipinski definition) is 3. The van der Waals surface area contributed by atoms with Crippen molar-refractivity contribution in [1.29, 1.82) is 0 Å². The molecule has 0 aliphatic heterocycles. The molecular formula is C16H25NO3. The van der Waals surface area contributed by atoms with Crippen molar-refractivity contribution in [1.82, 2.24) is 5.32 Å². The quantitative estimate of drug-likeness (QED) is 0.682. The van der Waals surface area contributed by atoms with E-state index in [4.69, 9.17) is 9.84 Å². The maximum absolute atomic E-state index is 11.1. The Labute approximate surface area is 121 Å². The number of aliphatic carboxylic acids is 1. The lowest BCUT2D eigenvalue weighted by atomic mass is 9.99. The fourth-order valence-electron chi connectivity index (χ4n) is 2.01. The molecule has 0 saturated carbocycles. The molecule has 4 heteroatoms. The minimum Gasteiger partial charge on any atom is -0.492 e. The molecule has 0 aliphatic carbocycles. The predicted molar refractivity (Wildman–Crippen MR) is 80.2 cm³/mol. The Morgan fingerprint density at radius 2 is 2.15 bits per heavy atom. The molecule has 2 atom stereocenters. The Balaban J connectivity index is 2.38. The maximum Gasteiger partial charge on any atom is 0.320 e. The van der Waals surface area contributed by atoms with E-state index in [1.165, 1.54) is 5.56 Å². The summed E-state index contributed by atoms with van der Waals surface area (Å²) in [5.41, 5.74) is 1.23. The molecule has 1 aromatic rings. The third-order valence-corrected chi connectivity index (χ3v) is 3.52. The molecule has 0 aliphatic rings. The first-order valence-electron chi connectivity index (χ1n) is 7.26. The highest BCUT2D eigenvalue weighted by Gasteiger charge is 2.22. The summed E-state index contributed by atoms with van der Waals surface area (Å²) < 4.78 is 5.64. The Morgan fingerprint density at radius 1 is 1.40 bits per heavy atom. The zero-order valence-electron chi connectivity index (χ0n) is 12.6. The molecule has 0 fully saturated rings. The van der Waals surface area contributed by atoms with Crippen LogP contribution in [-0.2, 0) is 11.2 Å². The van der Waals surface area contributed by atoms with Gasteiger partial charge in [0.25, 0.3) is 0 Å². The lowest BCUT2D eigenvalue weighted by Gasteiger charge is -2.20. The standard InChI is InChI=1S/C16H25NO3/c1-4-12(3)15(16(18)19)17-9-10-20-14-8-6-7-13(5-2)11-14/h6-8,11-12,15,17H,4-5,9-10H2,1-3H3,(H,18,19)/t12-,15-/m0/s1. The van der Waals surface area contributed by atoms with Crippen molar-refractivity contribution >= 4 is 5.97 Å². The van der Waals surface area contributed by atoms with Gasteiger partial charge in [0.1, 0.15) is 18.4 Å². The topological polar surface area (TPSA) is 58.6 Å². The summed E-state index contributed by atoms with van der Waals surface area (Å²) in [4.78, 5) is 11.1. The SMILES string of the molecule is CCc1cccc(OCCN[C@H](C(=O)O)[C@@H](C)CC)c1. The number of nitrogens with one attached hydrogen (secondary N) is 1. The van der Waals surface area contributed by atoms with Crippen LogP contribution in [0.2, 0.25) is 0 Å². The summed E-state index contributed by atoms with van der Waals surface area (Å²) >= 11 is 0. The number of aryl methyl sites for hydroxylation is 1. The first kappa shape index (κ1) is 16.5. The van der Waals surface area contributed by atoms with Crippen molar-refractivity contribution in [3.63, 3.8) is 0 Å². The van der Waals surface area contributed by atoms with Gasteiger partial charge in [0, 0.05) is 6.54 Å². The lowest BCUT2D eigenvalue weighted by molar-refractivity contribution is -0.140. The number of carbonyl (C=O) groups is 1. The van der Waals surface area contributed by atoms with Crippen LogP contribution < -0.4 is 10.1 Å². The molecule has 0 amide bonds. The molecule has 0 unspecified atom stereocenters. The van der Waals surface area contributed by atoms with Gasteiger partial charge in [0.2, 0.25) is 0 Å². The molecule has 20 heavy (non-hydrogen) atoms. The molecule has 4 nitrogen and oxygen atoms in total. The number of ether oxygens (including phenoxy) is 1. The van der Waals surface area contributed by atoms with Crippen LogP contribution in [-0.4, -0.2) is 30.3 Å². The van der Waals surface area contributed by atoms with Crippen LogP contribution in [0.25, 0.3) is 0 Å². The van der Waals surface area contributed by atoms with Gasteiger partial charge in [-0.15, -0.1) is 0 Å². The van der Waals surface area contributed by atoms with Gasteiger partial charge in [-0.3, -0.25) is 4.79 Å². The smallest absolute Gasteiger partial charge is 0.320 e. The van der Waals surface area contributed by atoms with E-state index in [-0.39, 0.29) is 5.92 Å². The van der Waals surface area contributed by atoms with Crippen molar-refractivity contribution < 1.29 is 14.6 Å². The first-order chi connectivity index (χ1) is 9.58. The van der Waals surface area contributed by atoms with Crippen LogP contribution in [0.1, 0.15) is 32.8 Å². The number of rotatable bonds is 9. The van der Waals surface area contributed by atoms with Gasteiger partial charge >= 0.3 is 5.97 Å². The monoisotopic (exact) mass is 279 g/mol. The number of carboxylic acid groups (broad SMARTS) is 1. The van der Waals surface area contributed by atoms with Crippen molar-refractivity contribution in [3.8, 4) is 5.75 Å². The molecule has 0 aromatic heterocycles. The molecule has 0 radical (unpaired) electrons. The highest BCUT2D eigenvalue weighted by atomic mass is 16.5. The first-order valence-corrected chi connectivity index (χ1v) is 7.26. The minimum absolute atomic E-state index is 0.107. The normalized spacial score (nSPS) is 13.8. The largest absolute Gasteiger partial charge is 0.492 e. The van der Waals surface area contributed by atoms with Crippen LogP contribution in [0.3, 0.4) is 0 Å². The van der Waals surface area contributed by atoms with Gasteiger partial charge in [-0.2, -0.15) is 0 Å². The number of benzene rings is 1. The van der Waals surface area contributed by atoms with E-state index in [1.54, 1.807) is 0 Å². The van der Waals surface area contributed by atoms with E-state index < -0.39 is 12.0 Å². The summed E-state index contributed by atoms with van der Waals surface area (Å²) in [7, 11) is 0. The van der Waals surface area contributed by atoms with E-state index in [9.17, 15) is 4.79 Å². The molecule has 0 saturated heterocycles. The maximum atomic E-state index is 11.1. The van der Waals surface area contributed by atoms with Gasteiger partial charge in [0.15, 0.2) is 0 Å². The van der Waals surface area contributed by atoms with Crippen molar-refractivity contribution in [2.45, 2.75) is 39.7 Å². The Morgan fingerprint density at radius 3 is 2.75 bits per heavy atom. The molecule has 0 bridgehead atoms. The number of carboxylic acids is 1. The second kappa shape index (κ2) is 8.59. The van der Waals surface area contributed by atoms with Crippen LogP contribution in [0.15, 0.2) is 24.3 Å². The van der Waals surface area contributed by atoms with Gasteiger partial charge in [-0.05, 0) is 30.0 Å². The van der Waals surface area contributed by atoms with Crippen LogP contribution in [0, 0.1) is 5.92 Å². The Kier molecular flexibility index (Phi) is 7.09. The molecule has 2 N–H and O–H groups in total. The molecule has 1 aromatic carbocycles. The minimum atomic E-state index is -0.799. The van der Waals surface area contributed by atoms with E-state index >= 15 is 0 Å². The summed E-state index contributed by atoms with van der Waals surface area (Å²) in [5, 5.41) is 12.2. The van der Waals surface area contributed by atoms with E-state index in [0.29, 0.717) is 13.2 Å². The van der Waals surface area contributed by atoms with E-state index in [1.807, 2.05) is 32.0 Å².